The molecular formula is C69H101NO6. The van der Waals surface area contributed by atoms with Gasteiger partial charge in [-0.2, -0.15) is 0 Å². The van der Waals surface area contributed by atoms with Gasteiger partial charge in [0.2, 0.25) is 0 Å². The molecule has 418 valence electrons. The number of ether oxygens (including phenoxy) is 2. The minimum Gasteiger partial charge on any atom is -0.462 e. The van der Waals surface area contributed by atoms with Gasteiger partial charge in [0.25, 0.3) is 11.8 Å². The number of amides is 2. The maximum absolute atomic E-state index is 14.9. The van der Waals surface area contributed by atoms with Crippen LogP contribution in [0.15, 0.2) is 48.5 Å². The zero-order chi connectivity index (χ0) is 54.1. The molecule has 0 radical (unpaired) electrons. The molecule has 5 aromatic rings. The fourth-order valence-electron chi connectivity index (χ4n) is 12.6. The maximum atomic E-state index is 14.9. The molecule has 2 unspecified atom stereocenters. The number of nitrogens with zero attached hydrogens (tertiary/aromatic N) is 1. The summed E-state index contributed by atoms with van der Waals surface area (Å²) in [5.74, 6) is -0.677. The van der Waals surface area contributed by atoms with E-state index in [1.165, 1.54) is 103 Å². The van der Waals surface area contributed by atoms with Crippen LogP contribution in [0, 0.1) is 11.8 Å². The van der Waals surface area contributed by atoms with Gasteiger partial charge in [0.15, 0.2) is 0 Å². The van der Waals surface area contributed by atoms with E-state index in [0.29, 0.717) is 46.2 Å². The van der Waals surface area contributed by atoms with Crippen molar-refractivity contribution in [2.24, 2.45) is 11.8 Å². The summed E-state index contributed by atoms with van der Waals surface area (Å²) < 4.78 is 12.8. The maximum Gasteiger partial charge on any atom is 0.338 e. The monoisotopic (exact) mass is 1040 g/mol. The molecule has 1 heterocycles. The molecule has 2 atom stereocenters. The van der Waals surface area contributed by atoms with Crippen molar-refractivity contribution in [2.45, 2.75) is 266 Å². The second-order valence-corrected chi connectivity index (χ2v) is 23.2. The third kappa shape index (κ3) is 16.3. The van der Waals surface area contributed by atoms with Crippen LogP contribution in [0.5, 0.6) is 0 Å². The highest BCUT2D eigenvalue weighted by molar-refractivity contribution is 6.40. The SMILES string of the molecule is CCCCCCCCC(CCCCCC)COC(=O)c1ccc2c3ccc4c5c(ccc(c6ccc(C(=O)OCC(CCCCCC)CCCCCCCC)c1c26)c53)C(=O)N(C(CCCCCC)CCCCCC)C4=O. The summed E-state index contributed by atoms with van der Waals surface area (Å²) in [6.07, 6.45) is 38.7. The van der Waals surface area contributed by atoms with E-state index >= 15 is 0 Å². The summed E-state index contributed by atoms with van der Waals surface area (Å²) in [5, 5.41) is 6.46. The highest BCUT2D eigenvalue weighted by Gasteiger charge is 2.38. The molecule has 0 fully saturated rings. The first kappa shape index (κ1) is 60.7. The molecule has 7 nitrogen and oxygen atoms in total. The summed E-state index contributed by atoms with van der Waals surface area (Å²) in [5.41, 5.74) is 1.88. The lowest BCUT2D eigenvalue weighted by molar-refractivity contribution is 0.0422. The molecular weight excluding hydrogens is 939 g/mol. The Bertz CT molecular complexity index is 2390. The topological polar surface area (TPSA) is 90.0 Å². The van der Waals surface area contributed by atoms with Gasteiger partial charge in [-0.1, -0.05) is 246 Å². The average Bonchev–Trinajstić information content (AvgIpc) is 3.56. The van der Waals surface area contributed by atoms with E-state index in [0.717, 1.165) is 148 Å². The van der Waals surface area contributed by atoms with Crippen LogP contribution < -0.4 is 0 Å². The Morgan fingerprint density at radius 3 is 1.00 bits per heavy atom. The summed E-state index contributed by atoms with van der Waals surface area (Å²) in [4.78, 5) is 60.9. The molecule has 0 aliphatic carbocycles. The molecule has 1 aliphatic heterocycles. The Morgan fingerprint density at radius 1 is 0.355 bits per heavy atom. The van der Waals surface area contributed by atoms with Gasteiger partial charge < -0.3 is 9.47 Å². The molecule has 2 amide bonds. The standard InChI is InChI=1S/C69H101NO6/c1-7-13-19-25-27-31-37-51(35-29-21-15-9-3)49-75-68(73)60-47-43-56-54-41-45-58-64-59(67(72)70(66(58)71)53(39-33-23-17-11-5)40-34-24-18-12-6)46-42-55(62(54)64)57-44-48-61(65(60)63(56)57)69(74)76-50-52(36-30-22-16-10-4)38-32-28-26-20-14-8-2/h41-48,51-53H,7-40,49-50H2,1-6H3. The van der Waals surface area contributed by atoms with Crippen LogP contribution in [-0.2, 0) is 9.47 Å². The molecule has 0 saturated heterocycles. The van der Waals surface area contributed by atoms with E-state index < -0.39 is 11.9 Å². The molecule has 0 aromatic heterocycles. The van der Waals surface area contributed by atoms with Crippen molar-refractivity contribution in [3.05, 3.63) is 70.8 Å². The van der Waals surface area contributed by atoms with Gasteiger partial charge in [-0.15, -0.1) is 0 Å². The lowest BCUT2D eigenvalue weighted by Gasteiger charge is -2.35. The zero-order valence-electron chi connectivity index (χ0n) is 48.7. The first-order valence-corrected chi connectivity index (χ1v) is 31.7. The summed E-state index contributed by atoms with van der Waals surface area (Å²) in [6, 6.07) is 15.5. The lowest BCUT2D eigenvalue weighted by atomic mass is 9.82. The second-order valence-electron chi connectivity index (χ2n) is 23.2. The summed E-state index contributed by atoms with van der Waals surface area (Å²) in [6.45, 7) is 14.1. The van der Waals surface area contributed by atoms with Crippen LogP contribution in [0.3, 0.4) is 0 Å². The molecule has 0 spiro atoms. The second kappa shape index (κ2) is 33.0. The first-order valence-electron chi connectivity index (χ1n) is 31.7. The molecule has 6 rings (SSSR count). The number of esters is 2. The summed E-state index contributed by atoms with van der Waals surface area (Å²) >= 11 is 0. The van der Waals surface area contributed by atoms with E-state index in [-0.39, 0.29) is 29.7 Å². The zero-order valence-corrected chi connectivity index (χ0v) is 48.7. The van der Waals surface area contributed by atoms with Crippen LogP contribution in [-0.4, -0.2) is 47.9 Å². The third-order valence-electron chi connectivity index (χ3n) is 17.2. The van der Waals surface area contributed by atoms with Gasteiger partial charge in [-0.05, 0) is 107 Å². The van der Waals surface area contributed by atoms with Crippen molar-refractivity contribution in [3.63, 3.8) is 0 Å². The highest BCUT2D eigenvalue weighted by Crippen LogP contribution is 2.46. The number of hydrogen-bond donors (Lipinski definition) is 0. The number of unbranched alkanes of at least 4 members (excludes halogenated alkanes) is 22. The van der Waals surface area contributed by atoms with Crippen molar-refractivity contribution in [1.29, 1.82) is 0 Å². The fourth-order valence-corrected chi connectivity index (χ4v) is 12.6. The Kier molecular flexibility index (Phi) is 26.4. The lowest BCUT2D eigenvalue weighted by Crippen LogP contribution is -2.47. The average molecular weight is 1040 g/mol. The van der Waals surface area contributed by atoms with Crippen molar-refractivity contribution in [3.8, 4) is 0 Å². The Balaban J connectivity index is 1.40. The van der Waals surface area contributed by atoms with Crippen LogP contribution in [0.2, 0.25) is 0 Å². The Morgan fingerprint density at radius 2 is 0.645 bits per heavy atom. The van der Waals surface area contributed by atoms with Gasteiger partial charge in [0.1, 0.15) is 0 Å². The van der Waals surface area contributed by atoms with Crippen LogP contribution in [0.1, 0.15) is 301 Å². The van der Waals surface area contributed by atoms with Crippen LogP contribution >= 0.6 is 0 Å². The molecule has 7 heteroatoms. The number of carbonyl (C=O) groups is 4. The molecule has 1 aliphatic rings. The van der Waals surface area contributed by atoms with Crippen molar-refractivity contribution >= 4 is 66.8 Å². The van der Waals surface area contributed by atoms with E-state index in [1.807, 2.05) is 48.5 Å². The normalized spacial score (nSPS) is 13.6. The van der Waals surface area contributed by atoms with Gasteiger partial charge in [0, 0.05) is 27.9 Å². The highest BCUT2D eigenvalue weighted by atomic mass is 16.5. The predicted molar refractivity (Wildman–Crippen MR) is 321 cm³/mol. The number of imide groups is 1. The number of hydrogen-bond acceptors (Lipinski definition) is 6. The Labute approximate surface area is 460 Å². The first-order chi connectivity index (χ1) is 37.2. The number of carbonyl (C=O) groups excluding carboxylic acids is 4. The number of rotatable bonds is 41. The minimum absolute atomic E-state index is 0.145. The molecule has 76 heavy (non-hydrogen) atoms. The van der Waals surface area contributed by atoms with Gasteiger partial charge in [-0.3, -0.25) is 14.5 Å². The van der Waals surface area contributed by atoms with E-state index in [9.17, 15) is 19.2 Å². The van der Waals surface area contributed by atoms with E-state index in [2.05, 4.69) is 41.5 Å². The van der Waals surface area contributed by atoms with E-state index in [1.54, 1.807) is 4.90 Å². The van der Waals surface area contributed by atoms with Crippen molar-refractivity contribution in [1.82, 2.24) is 4.90 Å². The van der Waals surface area contributed by atoms with E-state index in [4.69, 9.17) is 9.47 Å². The molecule has 0 bridgehead atoms. The molecule has 0 N–H and O–H groups in total. The fraction of sp³-hybridized carbons (Fsp3) is 0.652. The Hall–Kier alpha value is -4.52. The van der Waals surface area contributed by atoms with Gasteiger partial charge >= 0.3 is 11.9 Å². The summed E-state index contributed by atoms with van der Waals surface area (Å²) in [7, 11) is 0. The quantitative estimate of drug-likeness (QED) is 0.0127. The molecule has 0 saturated carbocycles. The van der Waals surface area contributed by atoms with Crippen LogP contribution in [0.25, 0.3) is 43.1 Å². The van der Waals surface area contributed by atoms with Crippen molar-refractivity contribution in [2.75, 3.05) is 13.2 Å². The van der Waals surface area contributed by atoms with Gasteiger partial charge in [-0.25, -0.2) is 9.59 Å². The molecule has 5 aromatic carbocycles. The smallest absolute Gasteiger partial charge is 0.338 e. The number of fused-ring (bicyclic) bond motifs is 2. The van der Waals surface area contributed by atoms with Crippen molar-refractivity contribution < 1.29 is 28.7 Å². The van der Waals surface area contributed by atoms with Crippen LogP contribution in [0.4, 0.5) is 0 Å². The minimum atomic E-state index is -0.414. The predicted octanol–water partition coefficient (Wildman–Crippen LogP) is 20.6. The number of benzene rings is 5. The third-order valence-corrected chi connectivity index (χ3v) is 17.2. The largest absolute Gasteiger partial charge is 0.462 e. The van der Waals surface area contributed by atoms with Gasteiger partial charge in [0.05, 0.1) is 24.3 Å².